The molecule has 1 amide bonds. The van der Waals surface area contributed by atoms with Crippen LogP contribution in [0.4, 0.5) is 5.69 Å². The summed E-state index contributed by atoms with van der Waals surface area (Å²) >= 11 is 0. The Labute approximate surface area is 118 Å². The maximum atomic E-state index is 11.6. The summed E-state index contributed by atoms with van der Waals surface area (Å²) in [7, 11) is 0. The van der Waals surface area contributed by atoms with Gasteiger partial charge in [-0.1, -0.05) is 18.7 Å². The van der Waals surface area contributed by atoms with Gasteiger partial charge in [-0.3, -0.25) is 4.79 Å². The number of ether oxygens (including phenoxy) is 1. The third-order valence-corrected chi connectivity index (χ3v) is 2.57. The molecule has 20 heavy (non-hydrogen) atoms. The predicted molar refractivity (Wildman–Crippen MR) is 77.7 cm³/mol. The van der Waals surface area contributed by atoms with Crippen LogP contribution in [0.25, 0.3) is 0 Å². The molecule has 0 bridgehead atoms. The number of anilines is 1. The van der Waals surface area contributed by atoms with Crippen LogP contribution < -0.4 is 11.1 Å². The number of nitrogens with two attached hydrogens (primary N) is 1. The van der Waals surface area contributed by atoms with Crippen molar-refractivity contribution in [2.24, 2.45) is 0 Å². The average molecular weight is 276 g/mol. The van der Waals surface area contributed by atoms with E-state index in [1.54, 1.807) is 13.0 Å². The Hall–Kier alpha value is -2.30. The molecule has 5 nitrogen and oxygen atoms in total. The highest BCUT2D eigenvalue weighted by Gasteiger charge is 2.05. The van der Waals surface area contributed by atoms with Crippen molar-refractivity contribution in [3.05, 3.63) is 42.0 Å². The van der Waals surface area contributed by atoms with Crippen molar-refractivity contribution in [1.29, 1.82) is 0 Å². The molecule has 3 N–H and O–H groups in total. The summed E-state index contributed by atoms with van der Waals surface area (Å²) in [6.07, 6.45) is 0.799. The third-order valence-electron chi connectivity index (χ3n) is 2.57. The van der Waals surface area contributed by atoms with Gasteiger partial charge >= 0.3 is 5.97 Å². The monoisotopic (exact) mass is 276 g/mol. The minimum atomic E-state index is -0.426. The van der Waals surface area contributed by atoms with E-state index in [0.717, 1.165) is 5.56 Å². The minimum Gasteiger partial charge on any atom is -0.462 e. The summed E-state index contributed by atoms with van der Waals surface area (Å²) in [6, 6.07) is 7.34. The number of amides is 1. The zero-order valence-corrected chi connectivity index (χ0v) is 11.6. The molecule has 0 atom stereocenters. The van der Waals surface area contributed by atoms with Crippen LogP contribution in [0.1, 0.15) is 25.3 Å². The normalized spacial score (nSPS) is 9.85. The number of carbonyl (C=O) groups is 2. The van der Waals surface area contributed by atoms with Crippen molar-refractivity contribution in [3.8, 4) is 0 Å². The van der Waals surface area contributed by atoms with E-state index in [9.17, 15) is 9.59 Å². The number of esters is 1. The Kier molecular flexibility index (Phi) is 6.29. The lowest BCUT2D eigenvalue weighted by atomic mass is 10.2. The summed E-state index contributed by atoms with van der Waals surface area (Å²) in [5.74, 6) is -0.510. The fourth-order valence-electron chi connectivity index (χ4n) is 1.51. The van der Waals surface area contributed by atoms with Crippen LogP contribution in [0.5, 0.6) is 0 Å². The van der Waals surface area contributed by atoms with Gasteiger partial charge in [-0.25, -0.2) is 4.79 Å². The lowest BCUT2D eigenvalue weighted by Crippen LogP contribution is -2.23. The first kappa shape index (κ1) is 15.8. The van der Waals surface area contributed by atoms with Gasteiger partial charge in [-0.05, 0) is 31.0 Å². The molecule has 0 heterocycles. The highest BCUT2D eigenvalue weighted by atomic mass is 16.5. The largest absolute Gasteiger partial charge is 0.462 e. The van der Waals surface area contributed by atoms with Gasteiger partial charge in [-0.2, -0.15) is 0 Å². The fourth-order valence-corrected chi connectivity index (χ4v) is 1.51. The Morgan fingerprint density at radius 3 is 2.80 bits per heavy atom. The predicted octanol–water partition coefficient (Wildman–Crippen LogP) is 1.78. The zero-order chi connectivity index (χ0) is 15.0. The van der Waals surface area contributed by atoms with Crippen molar-refractivity contribution in [1.82, 2.24) is 5.32 Å². The van der Waals surface area contributed by atoms with Crippen molar-refractivity contribution in [2.45, 2.75) is 26.3 Å². The summed E-state index contributed by atoms with van der Waals surface area (Å²) in [6.45, 7) is 5.72. The molecule has 0 fully saturated rings. The fraction of sp³-hybridized carbons (Fsp3) is 0.333. The summed E-state index contributed by atoms with van der Waals surface area (Å²) in [4.78, 5) is 22.7. The van der Waals surface area contributed by atoms with Gasteiger partial charge < -0.3 is 15.8 Å². The number of hydrogen-bond acceptors (Lipinski definition) is 4. The van der Waals surface area contributed by atoms with Crippen molar-refractivity contribution >= 4 is 17.6 Å². The lowest BCUT2D eigenvalue weighted by molar-refractivity contribution is -0.139. The second kappa shape index (κ2) is 7.99. The van der Waals surface area contributed by atoms with Crippen molar-refractivity contribution < 1.29 is 14.3 Å². The van der Waals surface area contributed by atoms with E-state index in [2.05, 4.69) is 11.9 Å². The second-order valence-electron chi connectivity index (χ2n) is 4.54. The molecule has 0 saturated carbocycles. The Balaban J connectivity index is 2.18. The first-order chi connectivity index (χ1) is 9.49. The molecule has 0 spiro atoms. The summed E-state index contributed by atoms with van der Waals surface area (Å²) in [5.41, 5.74) is 7.63. The number of carbonyl (C=O) groups excluding carboxylic acids is 2. The highest BCUT2D eigenvalue weighted by Crippen LogP contribution is 2.06. The summed E-state index contributed by atoms with van der Waals surface area (Å²) < 4.78 is 4.90. The average Bonchev–Trinajstić information content (AvgIpc) is 2.41. The Morgan fingerprint density at radius 1 is 1.40 bits per heavy atom. The molecule has 1 aromatic carbocycles. The number of rotatable bonds is 7. The van der Waals surface area contributed by atoms with E-state index < -0.39 is 5.97 Å². The van der Waals surface area contributed by atoms with Crippen LogP contribution >= 0.6 is 0 Å². The van der Waals surface area contributed by atoms with Crippen LogP contribution in [0, 0.1) is 0 Å². The maximum absolute atomic E-state index is 11.6. The van der Waals surface area contributed by atoms with Gasteiger partial charge in [-0.15, -0.1) is 0 Å². The molecule has 5 heteroatoms. The minimum absolute atomic E-state index is 0.0844. The highest BCUT2D eigenvalue weighted by molar-refractivity contribution is 5.86. The molecule has 0 saturated heterocycles. The molecule has 108 valence electrons. The molecular weight excluding hydrogens is 256 g/mol. The van der Waals surface area contributed by atoms with Gasteiger partial charge in [0, 0.05) is 24.2 Å². The van der Waals surface area contributed by atoms with Crippen LogP contribution in [-0.4, -0.2) is 18.5 Å². The molecule has 0 unspecified atom stereocenters. The van der Waals surface area contributed by atoms with Crippen LogP contribution in [0.3, 0.4) is 0 Å². The number of nitrogens with one attached hydrogen (secondary N) is 1. The van der Waals surface area contributed by atoms with Gasteiger partial charge in [0.2, 0.25) is 5.91 Å². The number of hydrogen-bond donors (Lipinski definition) is 2. The van der Waals surface area contributed by atoms with E-state index in [1.165, 1.54) is 0 Å². The van der Waals surface area contributed by atoms with Gasteiger partial charge in [0.25, 0.3) is 0 Å². The van der Waals surface area contributed by atoms with E-state index >= 15 is 0 Å². The molecule has 1 aromatic rings. The summed E-state index contributed by atoms with van der Waals surface area (Å²) in [5, 5.41) is 2.78. The topological polar surface area (TPSA) is 81.4 Å². The van der Waals surface area contributed by atoms with E-state index in [0.29, 0.717) is 30.6 Å². The first-order valence-electron chi connectivity index (χ1n) is 6.43. The third kappa shape index (κ3) is 6.04. The van der Waals surface area contributed by atoms with Crippen LogP contribution in [0.2, 0.25) is 0 Å². The van der Waals surface area contributed by atoms with Crippen molar-refractivity contribution in [2.75, 3.05) is 12.3 Å². The van der Waals surface area contributed by atoms with E-state index in [4.69, 9.17) is 10.5 Å². The van der Waals surface area contributed by atoms with Crippen LogP contribution in [-0.2, 0) is 20.9 Å². The molecular formula is C15H20N2O3. The Morgan fingerprint density at radius 2 is 2.15 bits per heavy atom. The SMILES string of the molecule is C=C(C)C(=O)OCCCC(=O)NCc1cccc(N)c1. The van der Waals surface area contributed by atoms with Gasteiger partial charge in [0.15, 0.2) is 0 Å². The van der Waals surface area contributed by atoms with E-state index in [1.807, 2.05) is 18.2 Å². The second-order valence-corrected chi connectivity index (χ2v) is 4.54. The lowest BCUT2D eigenvalue weighted by Gasteiger charge is -2.07. The zero-order valence-electron chi connectivity index (χ0n) is 11.6. The van der Waals surface area contributed by atoms with Gasteiger partial charge in [0.05, 0.1) is 6.61 Å². The smallest absolute Gasteiger partial charge is 0.333 e. The number of benzene rings is 1. The van der Waals surface area contributed by atoms with Crippen LogP contribution in [0.15, 0.2) is 36.4 Å². The molecule has 0 aliphatic rings. The standard InChI is InChI=1S/C15H20N2O3/c1-11(2)15(19)20-8-4-7-14(18)17-10-12-5-3-6-13(16)9-12/h3,5-6,9H,1,4,7-8,10,16H2,2H3,(H,17,18). The molecule has 0 radical (unpaired) electrons. The quantitative estimate of drug-likeness (QED) is 0.344. The van der Waals surface area contributed by atoms with Crippen molar-refractivity contribution in [3.63, 3.8) is 0 Å². The number of nitrogen functional groups attached to an aromatic ring is 1. The molecule has 0 aliphatic carbocycles. The molecule has 0 aliphatic heterocycles. The van der Waals surface area contributed by atoms with Gasteiger partial charge in [0.1, 0.15) is 0 Å². The maximum Gasteiger partial charge on any atom is 0.333 e. The molecule has 1 rings (SSSR count). The Bertz CT molecular complexity index is 498. The molecule has 0 aromatic heterocycles. The van der Waals surface area contributed by atoms with E-state index in [-0.39, 0.29) is 12.5 Å². The first-order valence-corrected chi connectivity index (χ1v) is 6.43.